The number of rotatable bonds is 36. The summed E-state index contributed by atoms with van der Waals surface area (Å²) in [5.74, 6) is 0. The highest BCUT2D eigenvalue weighted by atomic mass is 28.4. The van der Waals surface area contributed by atoms with Crippen molar-refractivity contribution in [3.05, 3.63) is 119 Å². The molecule has 1 aliphatic heterocycles. The molecular weight excluding hydrogens is 1110 g/mol. The van der Waals surface area contributed by atoms with E-state index in [1.165, 1.54) is 22.3 Å². The van der Waals surface area contributed by atoms with Crippen molar-refractivity contribution in [1.29, 1.82) is 0 Å². The molecule has 4 aromatic carbocycles. The fourth-order valence-electron chi connectivity index (χ4n) is 11.2. The van der Waals surface area contributed by atoms with Gasteiger partial charge in [0.1, 0.15) is 0 Å². The van der Waals surface area contributed by atoms with Gasteiger partial charge < -0.3 is 69.1 Å². The molecule has 0 saturated carbocycles. The molecule has 1 aliphatic rings. The average Bonchev–Trinajstić information content (AvgIpc) is 3.47. The minimum absolute atomic E-state index is 0.0954. The van der Waals surface area contributed by atoms with Crippen molar-refractivity contribution in [2.45, 2.75) is 133 Å². The summed E-state index contributed by atoms with van der Waals surface area (Å²) >= 11 is 0. The van der Waals surface area contributed by atoms with Gasteiger partial charge in [-0.25, -0.2) is 0 Å². The van der Waals surface area contributed by atoms with E-state index in [1.54, 1.807) is 0 Å². The Balaban J connectivity index is 1.84. The third-order valence-corrected chi connectivity index (χ3v) is 26.7. The lowest BCUT2D eigenvalue weighted by molar-refractivity contribution is 0.0383. The van der Waals surface area contributed by atoms with Gasteiger partial charge in [0, 0.05) is 138 Å². The van der Waals surface area contributed by atoms with Crippen molar-refractivity contribution in [1.82, 2.24) is 20.9 Å². The van der Waals surface area contributed by atoms with Crippen LogP contribution in [0.5, 0.6) is 0 Å². The lowest BCUT2D eigenvalue weighted by atomic mass is 9.74. The van der Waals surface area contributed by atoms with Gasteiger partial charge in [0.05, 0.1) is 0 Å². The minimum Gasteiger partial charge on any atom is -0.370 e. The Morgan fingerprint density at radius 3 is 0.939 bits per heavy atom. The maximum absolute atomic E-state index is 6.47. The lowest BCUT2D eigenvalue weighted by Gasteiger charge is -2.51. The standard InChI is InChI=1S/C62H104N4O12Si4/c1-13-67-79(68-14-2,69-15-3)57-35-27-53(28-36-57)49-61-62(50-54-29-37-58(38-30-54)80(70-16-4,71-17-5)72-18-6,51-55-31-39-59(40-32-55)81(73-19-7,74-20-8)75-21-9)66(48-26-44-64-47-46-63-43-25-45-65-61)52-56-33-41-60(42-34-56)82(76-22-10,77-23-11)78-24-12/h27-42,61,63-65H,13-26,43-52H2,1-12H3. The van der Waals surface area contributed by atoms with Crippen molar-refractivity contribution in [2.24, 2.45) is 0 Å². The highest BCUT2D eigenvalue weighted by Crippen LogP contribution is 2.35. The second-order valence-electron chi connectivity index (χ2n) is 20.0. The summed E-state index contributed by atoms with van der Waals surface area (Å²) in [6.45, 7) is 35.7. The van der Waals surface area contributed by atoms with Crippen LogP contribution in [0, 0.1) is 0 Å². The maximum Gasteiger partial charge on any atom is 0.537 e. The van der Waals surface area contributed by atoms with E-state index in [1.807, 2.05) is 83.1 Å². The number of hydrogen-bond donors (Lipinski definition) is 3. The fraction of sp³-hybridized carbons (Fsp3) is 0.613. The van der Waals surface area contributed by atoms with Crippen LogP contribution in [0.2, 0.25) is 0 Å². The first-order valence-electron chi connectivity index (χ1n) is 30.9. The van der Waals surface area contributed by atoms with Crippen molar-refractivity contribution in [3.8, 4) is 0 Å². The highest BCUT2D eigenvalue weighted by Gasteiger charge is 2.49. The second-order valence-corrected chi connectivity index (χ2v) is 30.2. The molecule has 1 unspecified atom stereocenters. The number of benzene rings is 4. The van der Waals surface area contributed by atoms with Crippen LogP contribution in [-0.2, 0) is 78.9 Å². The third-order valence-electron chi connectivity index (χ3n) is 14.5. The first-order valence-corrected chi connectivity index (χ1v) is 37.8. The van der Waals surface area contributed by atoms with E-state index in [-0.39, 0.29) is 6.04 Å². The highest BCUT2D eigenvalue weighted by molar-refractivity contribution is 6.76. The van der Waals surface area contributed by atoms with Gasteiger partial charge in [0.25, 0.3) is 0 Å². The summed E-state index contributed by atoms with van der Waals surface area (Å²) in [7, 11) is -12.8. The Bertz CT molecular complexity index is 2100. The molecule has 20 heteroatoms. The minimum atomic E-state index is -3.22. The predicted molar refractivity (Wildman–Crippen MR) is 338 cm³/mol. The summed E-state index contributed by atoms with van der Waals surface area (Å²) in [6.07, 6.45) is 3.98. The molecule has 0 bridgehead atoms. The van der Waals surface area contributed by atoms with E-state index < -0.39 is 40.8 Å². The fourth-order valence-corrected chi connectivity index (χ4v) is 21.1. The van der Waals surface area contributed by atoms with Crippen molar-refractivity contribution < 1.29 is 53.1 Å². The smallest absolute Gasteiger partial charge is 0.370 e. The van der Waals surface area contributed by atoms with Crippen LogP contribution in [-0.4, -0.2) is 170 Å². The van der Waals surface area contributed by atoms with E-state index >= 15 is 0 Å². The quantitative estimate of drug-likeness (QED) is 0.0405. The summed E-state index contributed by atoms with van der Waals surface area (Å²) in [4.78, 5) is 2.79. The largest absolute Gasteiger partial charge is 0.537 e. The van der Waals surface area contributed by atoms with E-state index in [9.17, 15) is 0 Å². The molecule has 0 aromatic heterocycles. The van der Waals surface area contributed by atoms with Gasteiger partial charge in [-0.05, 0) is 157 Å². The normalized spacial score (nSPS) is 16.6. The summed E-state index contributed by atoms with van der Waals surface area (Å²) in [5.41, 5.74) is 4.17. The first-order chi connectivity index (χ1) is 40.0. The zero-order valence-electron chi connectivity index (χ0n) is 52.1. The summed E-state index contributed by atoms with van der Waals surface area (Å²) in [6, 6.07) is 35.5. The third kappa shape index (κ3) is 19.1. The lowest BCUT2D eigenvalue weighted by Crippen LogP contribution is -2.65. The van der Waals surface area contributed by atoms with Gasteiger partial charge in [-0.3, -0.25) is 4.90 Å². The molecule has 0 spiro atoms. The topological polar surface area (TPSA) is 150 Å². The van der Waals surface area contributed by atoms with Crippen LogP contribution in [0.15, 0.2) is 97.1 Å². The number of hydrogen-bond acceptors (Lipinski definition) is 16. The van der Waals surface area contributed by atoms with Crippen molar-refractivity contribution in [2.75, 3.05) is 119 Å². The Labute approximate surface area is 498 Å². The molecule has 3 N–H and O–H groups in total. The molecule has 0 aliphatic carbocycles. The Morgan fingerprint density at radius 1 is 0.354 bits per heavy atom. The SMILES string of the molecule is CCO[Si](OCC)(OCC)c1ccc(CC2NCCCNCCNCCCN(Cc3ccc([Si](OCC)(OCC)OCC)cc3)C2(Cc2ccc([Si](OCC)(OCC)OCC)cc2)Cc2ccc([Si](OCC)(OCC)OCC)cc2)cc1. The Morgan fingerprint density at radius 2 is 0.634 bits per heavy atom. The van der Waals surface area contributed by atoms with Crippen LogP contribution in [0.1, 0.15) is 118 Å². The van der Waals surface area contributed by atoms with E-state index in [0.29, 0.717) is 98.7 Å². The monoisotopic (exact) mass is 1210 g/mol. The number of nitrogens with one attached hydrogen (secondary N) is 3. The molecule has 82 heavy (non-hydrogen) atoms. The van der Waals surface area contributed by atoms with Crippen LogP contribution < -0.4 is 36.7 Å². The van der Waals surface area contributed by atoms with Crippen LogP contribution in [0.3, 0.4) is 0 Å². The first kappa shape index (κ1) is 69.9. The molecule has 1 fully saturated rings. The molecule has 1 heterocycles. The molecule has 4 aromatic rings. The number of nitrogens with zero attached hydrogens (tertiary/aromatic N) is 1. The summed E-state index contributed by atoms with van der Waals surface area (Å²) < 4.78 is 77.4. The molecule has 16 nitrogen and oxygen atoms in total. The van der Waals surface area contributed by atoms with E-state index in [4.69, 9.17) is 53.1 Å². The second kappa shape index (κ2) is 37.0. The van der Waals surface area contributed by atoms with Crippen molar-refractivity contribution in [3.63, 3.8) is 0 Å². The zero-order valence-corrected chi connectivity index (χ0v) is 56.1. The zero-order chi connectivity index (χ0) is 59.2. The van der Waals surface area contributed by atoms with Crippen LogP contribution in [0.4, 0.5) is 0 Å². The molecule has 1 saturated heterocycles. The summed E-state index contributed by atoms with van der Waals surface area (Å²) in [5, 5.41) is 15.6. The van der Waals surface area contributed by atoms with Crippen molar-refractivity contribution >= 4 is 56.0 Å². The molecule has 460 valence electrons. The van der Waals surface area contributed by atoms with Gasteiger partial charge >= 0.3 is 35.2 Å². The average molecular weight is 1210 g/mol. The Hall–Kier alpha value is -2.89. The van der Waals surface area contributed by atoms with Gasteiger partial charge in [-0.2, -0.15) is 0 Å². The maximum atomic E-state index is 6.47. The molecule has 0 radical (unpaired) electrons. The van der Waals surface area contributed by atoms with E-state index in [0.717, 1.165) is 79.3 Å². The predicted octanol–water partition coefficient (Wildman–Crippen LogP) is 6.91. The van der Waals surface area contributed by atoms with Gasteiger partial charge in [0.2, 0.25) is 0 Å². The molecule has 0 amide bonds. The molecule has 1 atom stereocenters. The Kier molecular flexibility index (Phi) is 31.5. The molecule has 5 rings (SSSR count). The van der Waals surface area contributed by atoms with Crippen LogP contribution >= 0.6 is 0 Å². The van der Waals surface area contributed by atoms with Gasteiger partial charge in [-0.1, -0.05) is 97.1 Å². The molecular formula is C62H104N4O12Si4. The van der Waals surface area contributed by atoms with Crippen LogP contribution in [0.25, 0.3) is 0 Å². The van der Waals surface area contributed by atoms with E-state index in [2.05, 4.69) is 118 Å². The van der Waals surface area contributed by atoms with Gasteiger partial charge in [-0.15, -0.1) is 0 Å². The van der Waals surface area contributed by atoms with Gasteiger partial charge in [0.15, 0.2) is 0 Å².